The molecule has 10 heteroatoms. The lowest BCUT2D eigenvalue weighted by Crippen LogP contribution is -2.58. The van der Waals surface area contributed by atoms with Gasteiger partial charge in [-0.25, -0.2) is 0 Å². The molecule has 10 nitrogen and oxygen atoms in total. The molecular formula is C26H32N2O8. The average molecular weight is 501 g/mol. The Morgan fingerprint density at radius 1 is 1.11 bits per heavy atom. The molecule has 9 atom stereocenters. The molecular weight excluding hydrogens is 468 g/mol. The second-order valence-corrected chi connectivity index (χ2v) is 10.5. The number of aliphatic hydroxyl groups excluding tert-OH is 4. The molecule has 194 valence electrons. The number of fused-ring (bicyclic) bond motifs is 3. The number of rotatable bonds is 3. The van der Waals surface area contributed by atoms with Crippen LogP contribution in [0.2, 0.25) is 0 Å². The largest absolute Gasteiger partial charge is 0.511 e. The average Bonchev–Trinajstić information content (AvgIpc) is 2.82. The zero-order valence-electron chi connectivity index (χ0n) is 20.1. The molecule has 0 amide bonds. The van der Waals surface area contributed by atoms with E-state index in [1.807, 2.05) is 0 Å². The number of hydrogen-bond donors (Lipinski definition) is 6. The summed E-state index contributed by atoms with van der Waals surface area (Å²) >= 11 is 0. The lowest BCUT2D eigenvalue weighted by molar-refractivity contribution is -0.237. The fraction of sp³-hybridized carbons (Fsp3) is 0.538. The number of benzene rings is 1. The maximum atomic E-state index is 13.4. The van der Waals surface area contributed by atoms with Gasteiger partial charge < -0.3 is 41.4 Å². The SMILES string of the molecule is CC(O)[C@]1(N)CC2=C(O)C3C(=O)c4ccccc4C(=O)C3C(O)=C2[C@@H](O[C@H]2C[C@H](N)[C@H](O)[C@H](C)O2)C1. The maximum absolute atomic E-state index is 13.4. The Balaban J connectivity index is 1.60. The van der Waals surface area contributed by atoms with Crippen molar-refractivity contribution in [2.75, 3.05) is 0 Å². The Bertz CT molecular complexity index is 1160. The molecule has 5 rings (SSSR count). The third kappa shape index (κ3) is 3.71. The van der Waals surface area contributed by atoms with Gasteiger partial charge in [0.05, 0.1) is 36.3 Å². The van der Waals surface area contributed by atoms with Crippen LogP contribution in [0.3, 0.4) is 0 Å². The first-order valence-electron chi connectivity index (χ1n) is 12.2. The molecule has 0 spiro atoms. The minimum absolute atomic E-state index is 0.0394. The van der Waals surface area contributed by atoms with Gasteiger partial charge in [0.15, 0.2) is 17.9 Å². The predicted octanol–water partition coefficient (Wildman–Crippen LogP) is 1.02. The van der Waals surface area contributed by atoms with Crippen molar-refractivity contribution in [1.29, 1.82) is 0 Å². The van der Waals surface area contributed by atoms with E-state index in [1.165, 1.54) is 19.1 Å². The third-order valence-electron chi connectivity index (χ3n) is 8.15. The summed E-state index contributed by atoms with van der Waals surface area (Å²) in [7, 11) is 0. The van der Waals surface area contributed by atoms with E-state index in [-0.39, 0.29) is 53.1 Å². The number of ether oxygens (including phenoxy) is 2. The Hall–Kier alpha value is -2.60. The number of allylic oxidation sites excluding steroid dienone is 2. The van der Waals surface area contributed by atoms with Gasteiger partial charge in [0, 0.05) is 40.3 Å². The first-order valence-corrected chi connectivity index (χ1v) is 12.2. The Morgan fingerprint density at radius 3 is 2.25 bits per heavy atom. The molecule has 1 heterocycles. The van der Waals surface area contributed by atoms with Gasteiger partial charge in [-0.15, -0.1) is 0 Å². The summed E-state index contributed by atoms with van der Waals surface area (Å²) in [4.78, 5) is 26.8. The van der Waals surface area contributed by atoms with Crippen molar-refractivity contribution in [1.82, 2.24) is 0 Å². The van der Waals surface area contributed by atoms with Crippen LogP contribution in [0.25, 0.3) is 0 Å². The fourth-order valence-corrected chi connectivity index (χ4v) is 5.95. The zero-order valence-corrected chi connectivity index (χ0v) is 20.1. The first-order chi connectivity index (χ1) is 16.9. The summed E-state index contributed by atoms with van der Waals surface area (Å²) < 4.78 is 12.0. The van der Waals surface area contributed by atoms with Gasteiger partial charge >= 0.3 is 0 Å². The Labute approximate surface area is 208 Å². The van der Waals surface area contributed by atoms with E-state index >= 15 is 0 Å². The smallest absolute Gasteiger partial charge is 0.175 e. The normalized spacial score (nSPS) is 39.4. The van der Waals surface area contributed by atoms with Crippen molar-refractivity contribution in [3.8, 4) is 0 Å². The van der Waals surface area contributed by atoms with Gasteiger partial charge in [0.1, 0.15) is 11.5 Å². The quantitative estimate of drug-likeness (QED) is 0.350. The molecule has 0 aromatic heterocycles. The van der Waals surface area contributed by atoms with E-state index in [0.29, 0.717) is 0 Å². The zero-order chi connectivity index (χ0) is 26.1. The van der Waals surface area contributed by atoms with Crippen molar-refractivity contribution in [3.63, 3.8) is 0 Å². The van der Waals surface area contributed by atoms with Crippen LogP contribution in [0.4, 0.5) is 0 Å². The van der Waals surface area contributed by atoms with E-state index < -0.39 is 65.7 Å². The van der Waals surface area contributed by atoms with Crippen molar-refractivity contribution in [2.45, 2.75) is 75.4 Å². The van der Waals surface area contributed by atoms with E-state index in [0.717, 1.165) is 0 Å². The van der Waals surface area contributed by atoms with Crippen LogP contribution >= 0.6 is 0 Å². The molecule has 1 saturated carbocycles. The highest BCUT2D eigenvalue weighted by Crippen LogP contribution is 2.50. The number of carbonyl (C=O) groups excluding carboxylic acids is 2. The molecule has 1 aromatic carbocycles. The molecule has 3 aliphatic carbocycles. The van der Waals surface area contributed by atoms with Crippen molar-refractivity contribution in [2.24, 2.45) is 23.3 Å². The van der Waals surface area contributed by atoms with Crippen LogP contribution in [0.1, 0.15) is 53.8 Å². The Morgan fingerprint density at radius 2 is 1.69 bits per heavy atom. The summed E-state index contributed by atoms with van der Waals surface area (Å²) in [5, 5.41) is 43.5. The summed E-state index contributed by atoms with van der Waals surface area (Å²) in [5.74, 6) is -4.25. The number of ketones is 2. The standard InChI is InChI=1S/C26H32N2O8/c1-10-21(30)15(27)7-17(35-10)36-16-9-26(28,11(2)29)8-14-18(16)25(34)20-19(24(14)33)22(31)12-5-3-4-6-13(12)23(20)32/h3-6,10-11,15-17,19-21,29-30,33-34H,7-9,27-28H2,1-2H3/t10-,11?,15-,16-,17-,19?,20?,21+,26-/m0/s1. The van der Waals surface area contributed by atoms with Gasteiger partial charge in [-0.2, -0.15) is 0 Å². The van der Waals surface area contributed by atoms with Crippen LogP contribution in [0, 0.1) is 11.8 Å². The van der Waals surface area contributed by atoms with Crippen molar-refractivity contribution < 1.29 is 39.5 Å². The molecule has 0 radical (unpaired) electrons. The number of nitrogens with two attached hydrogens (primary N) is 2. The molecule has 1 saturated heterocycles. The van der Waals surface area contributed by atoms with Gasteiger partial charge in [-0.1, -0.05) is 24.3 Å². The summed E-state index contributed by atoms with van der Waals surface area (Å²) in [5.41, 5.74) is 12.1. The minimum atomic E-state index is -1.30. The molecule has 2 fully saturated rings. The van der Waals surface area contributed by atoms with E-state index in [4.69, 9.17) is 20.9 Å². The highest BCUT2D eigenvalue weighted by Gasteiger charge is 2.55. The minimum Gasteiger partial charge on any atom is -0.511 e. The second kappa shape index (κ2) is 8.76. The van der Waals surface area contributed by atoms with Crippen LogP contribution in [-0.4, -0.2) is 74.3 Å². The summed E-state index contributed by atoms with van der Waals surface area (Å²) in [6.45, 7) is 3.18. The number of aliphatic hydroxyl groups is 4. The fourth-order valence-electron chi connectivity index (χ4n) is 5.95. The number of carbonyl (C=O) groups is 2. The first kappa shape index (κ1) is 25.1. The Kier molecular flexibility index (Phi) is 6.10. The van der Waals surface area contributed by atoms with Gasteiger partial charge in [-0.3, -0.25) is 9.59 Å². The number of hydrogen-bond acceptors (Lipinski definition) is 10. The van der Waals surface area contributed by atoms with Gasteiger partial charge in [0.25, 0.3) is 0 Å². The van der Waals surface area contributed by atoms with Crippen LogP contribution in [0.5, 0.6) is 0 Å². The predicted molar refractivity (Wildman–Crippen MR) is 127 cm³/mol. The molecule has 3 unspecified atom stereocenters. The van der Waals surface area contributed by atoms with Gasteiger partial charge in [0.2, 0.25) is 0 Å². The highest BCUT2D eigenvalue weighted by molar-refractivity contribution is 6.18. The molecule has 1 aromatic rings. The van der Waals surface area contributed by atoms with Crippen LogP contribution < -0.4 is 11.5 Å². The monoisotopic (exact) mass is 500 g/mol. The molecule has 4 aliphatic rings. The lowest BCUT2D eigenvalue weighted by atomic mass is 9.62. The maximum Gasteiger partial charge on any atom is 0.175 e. The molecule has 1 aliphatic heterocycles. The topological polar surface area (TPSA) is 186 Å². The third-order valence-corrected chi connectivity index (χ3v) is 8.15. The second-order valence-electron chi connectivity index (χ2n) is 10.5. The lowest BCUT2D eigenvalue weighted by Gasteiger charge is -2.47. The van der Waals surface area contributed by atoms with Gasteiger partial charge in [-0.05, 0) is 26.7 Å². The highest BCUT2D eigenvalue weighted by atomic mass is 16.7. The molecule has 0 bridgehead atoms. The molecule has 36 heavy (non-hydrogen) atoms. The number of Topliss-reactive ketones (excluding diaryl/α,β-unsaturated/α-hetero) is 2. The van der Waals surface area contributed by atoms with E-state index in [9.17, 15) is 30.0 Å². The van der Waals surface area contributed by atoms with Crippen molar-refractivity contribution >= 4 is 11.6 Å². The van der Waals surface area contributed by atoms with E-state index in [1.54, 1.807) is 19.1 Å². The molecule has 8 N–H and O–H groups in total. The summed E-state index contributed by atoms with van der Waals surface area (Å²) in [6, 6.07) is 5.70. The summed E-state index contributed by atoms with van der Waals surface area (Å²) in [6.07, 6.45) is -4.20. The van der Waals surface area contributed by atoms with Crippen LogP contribution in [-0.2, 0) is 9.47 Å². The van der Waals surface area contributed by atoms with E-state index in [2.05, 4.69) is 0 Å². The van der Waals surface area contributed by atoms with Crippen molar-refractivity contribution in [3.05, 3.63) is 58.1 Å². The van der Waals surface area contributed by atoms with Crippen LogP contribution in [0.15, 0.2) is 46.9 Å².